The van der Waals surface area contributed by atoms with Gasteiger partial charge in [0.05, 0.1) is 37.6 Å². The molecule has 0 amide bonds. The van der Waals surface area contributed by atoms with E-state index in [9.17, 15) is 18.7 Å². The van der Waals surface area contributed by atoms with Crippen molar-refractivity contribution in [2.75, 3.05) is 45.4 Å². The monoisotopic (exact) mass is 551 g/mol. The predicted molar refractivity (Wildman–Crippen MR) is 151 cm³/mol. The average molecular weight is 552 g/mol. The number of aromatic nitrogens is 1. The first-order valence-electron chi connectivity index (χ1n) is 13.6. The molecule has 1 saturated heterocycles. The number of pyridine rings is 1. The summed E-state index contributed by atoms with van der Waals surface area (Å²) in [6.07, 6.45) is 7.03. The highest BCUT2D eigenvalue weighted by Gasteiger charge is 2.46. The highest BCUT2D eigenvalue weighted by Crippen LogP contribution is 2.47. The molecule has 2 heterocycles. The normalized spacial score (nSPS) is 22.9. The van der Waals surface area contributed by atoms with Crippen LogP contribution in [0.4, 0.5) is 14.5 Å². The molecule has 2 aromatic carbocycles. The maximum atomic E-state index is 13.9. The minimum absolute atomic E-state index is 0.0918. The van der Waals surface area contributed by atoms with Gasteiger partial charge in [0.1, 0.15) is 11.6 Å². The van der Waals surface area contributed by atoms with E-state index in [2.05, 4.69) is 15.2 Å². The average Bonchev–Trinajstić information content (AvgIpc) is 2.99. The van der Waals surface area contributed by atoms with E-state index in [1.807, 2.05) is 18.2 Å². The molecule has 3 atom stereocenters. The van der Waals surface area contributed by atoms with Crippen LogP contribution in [0.3, 0.4) is 0 Å². The number of hydrogen-bond acceptors (Lipinski definition) is 7. The van der Waals surface area contributed by atoms with Gasteiger partial charge in [0.2, 0.25) is 5.88 Å². The number of aliphatic hydroxyl groups excluding tert-OH is 1. The second kappa shape index (κ2) is 11.9. The summed E-state index contributed by atoms with van der Waals surface area (Å²) >= 11 is 0. The maximum absolute atomic E-state index is 13.9. The van der Waals surface area contributed by atoms with Gasteiger partial charge in [-0.15, -0.1) is 0 Å². The Labute approximate surface area is 232 Å². The molecule has 1 aliphatic carbocycles. The number of nitrogens with zero attached hydrogens (tertiary/aromatic N) is 2. The summed E-state index contributed by atoms with van der Waals surface area (Å²) in [5.41, 5.74) is 2.01. The van der Waals surface area contributed by atoms with Crippen LogP contribution < -0.4 is 15.0 Å². The minimum atomic E-state index is -0.463. The largest absolute Gasteiger partial charge is 0.481 e. The van der Waals surface area contributed by atoms with Crippen molar-refractivity contribution in [2.45, 2.75) is 31.7 Å². The lowest BCUT2D eigenvalue weighted by Gasteiger charge is -2.52. The summed E-state index contributed by atoms with van der Waals surface area (Å²) in [5.74, 6) is -0.529. The lowest BCUT2D eigenvalue weighted by atomic mass is 9.62. The number of hydrogen-bond donors (Lipinski definition) is 2. The minimum Gasteiger partial charge on any atom is -0.481 e. The third-order valence-corrected chi connectivity index (χ3v) is 8.54. The molecule has 0 unspecified atom stereocenters. The molecule has 0 spiro atoms. The molecule has 3 aromatic rings. The van der Waals surface area contributed by atoms with Crippen molar-refractivity contribution in [1.29, 1.82) is 0 Å². The van der Waals surface area contributed by atoms with E-state index in [1.165, 1.54) is 13.2 Å². The van der Waals surface area contributed by atoms with Gasteiger partial charge in [-0.2, -0.15) is 0 Å². The Hall–Kier alpha value is -3.56. The summed E-state index contributed by atoms with van der Waals surface area (Å²) < 4.78 is 37.6. The number of anilines is 1. The second-order valence-corrected chi connectivity index (χ2v) is 10.7. The van der Waals surface area contributed by atoms with Crippen LogP contribution >= 0.6 is 0 Å². The zero-order valence-electron chi connectivity index (χ0n) is 22.8. The van der Waals surface area contributed by atoms with Crippen molar-refractivity contribution in [3.63, 3.8) is 0 Å². The van der Waals surface area contributed by atoms with E-state index in [1.54, 1.807) is 25.3 Å². The molecular formula is C31H35F2N3O4. The SMILES string of the molecule is COC(=O)c1ccc(N2CC[C@@H]3C[C@H](NC/C=C/c4cc(F)ccc4F)CC[C@@]3(CO)C2)c2nc(OC)ccc12. The first-order valence-corrected chi connectivity index (χ1v) is 13.6. The van der Waals surface area contributed by atoms with E-state index in [4.69, 9.17) is 9.47 Å². The van der Waals surface area contributed by atoms with Crippen LogP contribution in [0.25, 0.3) is 17.0 Å². The van der Waals surface area contributed by atoms with E-state index in [-0.39, 0.29) is 23.6 Å². The quantitative estimate of drug-likeness (QED) is 0.383. The predicted octanol–water partition coefficient (Wildman–Crippen LogP) is 4.97. The number of methoxy groups -OCH3 is 2. The van der Waals surface area contributed by atoms with Crippen molar-refractivity contribution in [3.8, 4) is 5.88 Å². The van der Waals surface area contributed by atoms with Crippen LogP contribution in [0.15, 0.2) is 48.5 Å². The third kappa shape index (κ3) is 5.53. The lowest BCUT2D eigenvalue weighted by Crippen LogP contribution is -2.55. The van der Waals surface area contributed by atoms with Crippen LogP contribution in [0.1, 0.15) is 41.6 Å². The van der Waals surface area contributed by atoms with Gasteiger partial charge in [0.25, 0.3) is 0 Å². The number of esters is 1. The van der Waals surface area contributed by atoms with Crippen LogP contribution in [-0.4, -0.2) is 62.6 Å². The fourth-order valence-electron chi connectivity index (χ4n) is 6.33. The number of halogens is 2. The van der Waals surface area contributed by atoms with Gasteiger partial charge in [-0.3, -0.25) is 0 Å². The molecule has 5 rings (SSSR count). The van der Waals surface area contributed by atoms with Crippen LogP contribution in [-0.2, 0) is 4.74 Å². The van der Waals surface area contributed by atoms with Gasteiger partial charge in [-0.05, 0) is 68.0 Å². The number of fused-ring (bicyclic) bond motifs is 2. The van der Waals surface area contributed by atoms with Gasteiger partial charge >= 0.3 is 5.97 Å². The van der Waals surface area contributed by atoms with Gasteiger partial charge in [0.15, 0.2) is 0 Å². The van der Waals surface area contributed by atoms with Crippen molar-refractivity contribution in [2.24, 2.45) is 11.3 Å². The fourth-order valence-corrected chi connectivity index (χ4v) is 6.33. The van der Waals surface area contributed by atoms with Gasteiger partial charge in [0, 0.05) is 48.1 Å². The fraction of sp³-hybridized carbons (Fsp3) is 0.419. The summed E-state index contributed by atoms with van der Waals surface area (Å²) in [6.45, 7) is 2.13. The number of benzene rings is 2. The molecule has 2 N–H and O–H groups in total. The molecule has 0 radical (unpaired) electrons. The molecule has 212 valence electrons. The number of ether oxygens (including phenoxy) is 2. The summed E-state index contributed by atoms with van der Waals surface area (Å²) in [7, 11) is 2.92. The van der Waals surface area contributed by atoms with Crippen molar-refractivity contribution in [3.05, 3.63) is 71.3 Å². The zero-order valence-corrected chi connectivity index (χ0v) is 22.8. The first kappa shape index (κ1) is 28.0. The third-order valence-electron chi connectivity index (χ3n) is 8.54. The molecule has 2 fully saturated rings. The topological polar surface area (TPSA) is 83.9 Å². The standard InChI is InChI=1S/C31H35F2N3O4/c1-39-28-10-7-24-25(30(38)40-2)6-9-27(29(24)35-28)36-15-12-21-17-23(11-13-31(21,18-36)19-37)34-14-3-4-20-16-22(32)5-8-26(20)33/h3-10,16,21,23,34,37H,11-15,17-19H2,1-2H3/b4-3+/t21-,23-,31+/m1/s1. The molecule has 1 aromatic heterocycles. The highest BCUT2D eigenvalue weighted by molar-refractivity contribution is 6.07. The van der Waals surface area contributed by atoms with E-state index in [0.717, 1.165) is 50.0 Å². The van der Waals surface area contributed by atoms with E-state index >= 15 is 0 Å². The number of piperidine rings is 1. The highest BCUT2D eigenvalue weighted by atomic mass is 19.1. The molecule has 1 aliphatic heterocycles. The Bertz CT molecular complexity index is 1410. The Morgan fingerprint density at radius 3 is 2.83 bits per heavy atom. The molecular weight excluding hydrogens is 516 g/mol. The summed E-state index contributed by atoms with van der Waals surface area (Å²) in [6, 6.07) is 11.0. The molecule has 40 heavy (non-hydrogen) atoms. The van der Waals surface area contributed by atoms with Crippen LogP contribution in [0.5, 0.6) is 5.88 Å². The zero-order chi connectivity index (χ0) is 28.3. The molecule has 7 nitrogen and oxygen atoms in total. The number of nitrogens with one attached hydrogen (secondary N) is 1. The smallest absolute Gasteiger partial charge is 0.338 e. The lowest BCUT2D eigenvalue weighted by molar-refractivity contribution is 0.00193. The molecule has 0 bridgehead atoms. The first-order chi connectivity index (χ1) is 19.4. The number of carbonyl (C=O) groups is 1. The Morgan fingerprint density at radius 1 is 1.20 bits per heavy atom. The molecule has 9 heteroatoms. The van der Waals surface area contributed by atoms with E-state index in [0.29, 0.717) is 41.4 Å². The maximum Gasteiger partial charge on any atom is 0.338 e. The Balaban J connectivity index is 1.29. The van der Waals surface area contributed by atoms with E-state index < -0.39 is 17.6 Å². The Kier molecular flexibility index (Phi) is 8.32. The number of carbonyl (C=O) groups excluding carboxylic acids is 1. The van der Waals surface area contributed by atoms with Crippen molar-refractivity contribution >= 4 is 28.6 Å². The Morgan fingerprint density at radius 2 is 2.05 bits per heavy atom. The van der Waals surface area contributed by atoms with Crippen molar-refractivity contribution in [1.82, 2.24) is 10.3 Å². The van der Waals surface area contributed by atoms with Crippen LogP contribution in [0.2, 0.25) is 0 Å². The van der Waals surface area contributed by atoms with Gasteiger partial charge in [-0.1, -0.05) is 12.2 Å². The number of aliphatic hydroxyl groups is 1. The van der Waals surface area contributed by atoms with Gasteiger partial charge in [-0.25, -0.2) is 18.6 Å². The van der Waals surface area contributed by atoms with Crippen LogP contribution in [0, 0.1) is 23.0 Å². The second-order valence-electron chi connectivity index (χ2n) is 10.7. The molecule has 1 saturated carbocycles. The number of rotatable bonds is 8. The summed E-state index contributed by atoms with van der Waals surface area (Å²) in [5, 5.41) is 14.9. The van der Waals surface area contributed by atoms with Gasteiger partial charge < -0.3 is 24.8 Å². The summed E-state index contributed by atoms with van der Waals surface area (Å²) in [4.78, 5) is 19.4. The van der Waals surface area contributed by atoms with Crippen molar-refractivity contribution < 1.29 is 28.2 Å². The molecule has 2 aliphatic rings.